The van der Waals surface area contributed by atoms with Crippen LogP contribution in [-0.4, -0.2) is 83.5 Å². The van der Waals surface area contributed by atoms with Gasteiger partial charge in [-0.3, -0.25) is 14.5 Å². The maximum Gasteiger partial charge on any atom is 0.275 e. The smallest absolute Gasteiger partial charge is 0.275 e. The number of hydrogen-bond donors (Lipinski definition) is 1. The number of aliphatic hydroxyl groups excluding tert-OH is 1. The Bertz CT molecular complexity index is 1400. The largest absolute Gasteiger partial charge is 0.395 e. The number of halogens is 4. The maximum atomic E-state index is 15.6. The quantitative estimate of drug-likeness (QED) is 0.397. The molecule has 1 fully saturated rings. The molecule has 2 aliphatic rings. The Morgan fingerprint density at radius 1 is 1.00 bits per heavy atom. The third-order valence-corrected chi connectivity index (χ3v) is 8.35. The third-order valence-electron chi connectivity index (χ3n) is 7.15. The van der Waals surface area contributed by atoms with Crippen molar-refractivity contribution in [3.63, 3.8) is 0 Å². The lowest BCUT2D eigenvalue weighted by atomic mass is 9.96. The number of hydrogen-bond acceptors (Lipinski definition) is 6. The van der Waals surface area contributed by atoms with Crippen molar-refractivity contribution in [2.75, 3.05) is 50.8 Å². The van der Waals surface area contributed by atoms with Crippen LogP contribution in [0.15, 0.2) is 60.7 Å². The van der Waals surface area contributed by atoms with E-state index in [2.05, 4.69) is 4.98 Å². The lowest BCUT2D eigenvalue weighted by Crippen LogP contribution is -2.49. The van der Waals surface area contributed by atoms with Gasteiger partial charge in [-0.25, -0.2) is 13.8 Å². The number of thiazole rings is 1. The van der Waals surface area contributed by atoms with E-state index in [1.54, 1.807) is 36.1 Å². The molecule has 2 aliphatic heterocycles. The number of rotatable bonds is 5. The predicted octanol–water partition coefficient (Wildman–Crippen LogP) is 5.17. The topological polar surface area (TPSA) is 77.0 Å². The summed E-state index contributed by atoms with van der Waals surface area (Å²) in [4.78, 5) is 36.8. The van der Waals surface area contributed by atoms with Gasteiger partial charge in [-0.2, -0.15) is 0 Å². The monoisotopic (exact) mass is 624 g/mol. The van der Waals surface area contributed by atoms with Crippen molar-refractivity contribution in [1.82, 2.24) is 14.8 Å². The van der Waals surface area contributed by atoms with Crippen LogP contribution >= 0.6 is 36.2 Å². The normalized spacial score (nSPS) is 17.7. The van der Waals surface area contributed by atoms with Crippen LogP contribution in [0.4, 0.5) is 14.5 Å². The second kappa shape index (κ2) is 13.8. The Labute approximate surface area is 254 Å². The van der Waals surface area contributed by atoms with Gasteiger partial charge < -0.3 is 14.9 Å². The number of carbonyl (C=O) groups excluding carboxylic acids is 2. The van der Waals surface area contributed by atoms with Crippen molar-refractivity contribution in [3.05, 3.63) is 76.8 Å². The Hall–Kier alpha value is -2.89. The van der Waals surface area contributed by atoms with E-state index in [-0.39, 0.29) is 55.0 Å². The summed E-state index contributed by atoms with van der Waals surface area (Å²) in [6, 6.07) is 16.0. The number of aliphatic hydroxyl groups is 1. The lowest BCUT2D eigenvalue weighted by molar-refractivity contribution is -0.127. The number of nitrogens with zero attached hydrogens (tertiary/aromatic N) is 4. The first-order chi connectivity index (χ1) is 18.8. The lowest BCUT2D eigenvalue weighted by Gasteiger charge is -2.34. The van der Waals surface area contributed by atoms with E-state index in [9.17, 15) is 9.59 Å². The van der Waals surface area contributed by atoms with Crippen LogP contribution in [0.25, 0.3) is 16.1 Å². The van der Waals surface area contributed by atoms with Crippen molar-refractivity contribution >= 4 is 59.2 Å². The summed E-state index contributed by atoms with van der Waals surface area (Å²) in [5.74, 6) is -4.17. The Morgan fingerprint density at radius 2 is 1.66 bits per heavy atom. The van der Waals surface area contributed by atoms with E-state index in [1.807, 2.05) is 35.2 Å². The predicted molar refractivity (Wildman–Crippen MR) is 163 cm³/mol. The van der Waals surface area contributed by atoms with Gasteiger partial charge in [0.05, 0.1) is 18.0 Å². The first-order valence-corrected chi connectivity index (χ1v) is 13.8. The highest BCUT2D eigenvalue weighted by atomic mass is 35.5. The molecule has 0 spiro atoms. The minimum atomic E-state index is -3.31. The number of fused-ring (bicyclic) bond motifs is 1. The molecule has 0 unspecified atom stereocenters. The molecule has 3 aromatic rings. The van der Waals surface area contributed by atoms with Crippen molar-refractivity contribution in [3.8, 4) is 10.6 Å². The maximum absolute atomic E-state index is 15.6. The third kappa shape index (κ3) is 6.95. The number of piperazine rings is 1. The molecule has 0 bridgehead atoms. The SMILES string of the molecule is Cc1nc(-c2ccccc2)sc1C(=O)N1CCC(F)(F)C(=CC(=O)N2CCN(CCO)CC2)c2ccccc21.Cl.Cl. The summed E-state index contributed by atoms with van der Waals surface area (Å²) in [6.45, 7) is 4.04. The van der Waals surface area contributed by atoms with Gasteiger partial charge in [0, 0.05) is 68.5 Å². The van der Waals surface area contributed by atoms with Gasteiger partial charge in [-0.15, -0.1) is 36.2 Å². The molecule has 0 atom stereocenters. The number of alkyl halides is 2. The van der Waals surface area contributed by atoms with Crippen LogP contribution in [0.2, 0.25) is 0 Å². The van der Waals surface area contributed by atoms with Crippen LogP contribution in [0.5, 0.6) is 0 Å². The summed E-state index contributed by atoms with van der Waals surface area (Å²) < 4.78 is 31.2. The Kier molecular flexibility index (Phi) is 11.0. The zero-order valence-corrected chi connectivity index (χ0v) is 24.9. The van der Waals surface area contributed by atoms with E-state index in [4.69, 9.17) is 5.11 Å². The number of para-hydroxylation sites is 1. The second-order valence-electron chi connectivity index (χ2n) is 9.68. The minimum Gasteiger partial charge on any atom is -0.395 e. The van der Waals surface area contributed by atoms with Crippen molar-refractivity contribution in [2.24, 2.45) is 0 Å². The van der Waals surface area contributed by atoms with Crippen molar-refractivity contribution in [2.45, 2.75) is 19.3 Å². The molecule has 0 radical (unpaired) electrons. The Balaban J connectivity index is 0.00000231. The number of carbonyl (C=O) groups is 2. The molecule has 3 heterocycles. The highest BCUT2D eigenvalue weighted by Gasteiger charge is 2.42. The average Bonchev–Trinajstić information content (AvgIpc) is 3.29. The van der Waals surface area contributed by atoms with E-state index < -0.39 is 18.3 Å². The fourth-order valence-corrected chi connectivity index (χ4v) is 6.03. The first kappa shape index (κ1) is 32.6. The molecule has 1 saturated heterocycles. The molecule has 1 N–H and O–H groups in total. The molecule has 2 amide bonds. The van der Waals surface area contributed by atoms with Crippen LogP contribution in [0, 0.1) is 6.92 Å². The standard InChI is InChI=1S/C29H30F2N4O3S.2ClH/c1-20-26(39-27(32-20)21-7-3-2-4-8-21)28(38)35-12-11-29(30,31)23(22-9-5-6-10-24(22)35)19-25(37)34-15-13-33(14-16-34)17-18-36;;/h2-10,19,36H,11-18H2,1H3;2*1H. The molecular weight excluding hydrogens is 593 g/mol. The average molecular weight is 626 g/mol. The molecule has 0 saturated carbocycles. The Morgan fingerprint density at radius 3 is 2.34 bits per heavy atom. The van der Waals surface area contributed by atoms with Gasteiger partial charge in [0.2, 0.25) is 5.91 Å². The van der Waals surface area contributed by atoms with Crippen molar-refractivity contribution < 1.29 is 23.5 Å². The molecule has 220 valence electrons. The molecule has 0 aliphatic carbocycles. The highest BCUT2D eigenvalue weighted by Crippen LogP contribution is 2.44. The zero-order chi connectivity index (χ0) is 27.6. The number of anilines is 1. The number of amides is 2. The number of allylic oxidation sites excluding steroid dienone is 1. The van der Waals surface area contributed by atoms with Gasteiger partial charge in [0.25, 0.3) is 11.8 Å². The van der Waals surface area contributed by atoms with Gasteiger partial charge in [0.1, 0.15) is 9.88 Å². The number of β-amino-alcohol motifs (C(OH)–C–C–N with tert-alkyl or cyclic N) is 1. The van der Waals surface area contributed by atoms with E-state index >= 15 is 8.78 Å². The van der Waals surface area contributed by atoms with E-state index in [1.165, 1.54) is 16.2 Å². The molecule has 7 nitrogen and oxygen atoms in total. The zero-order valence-electron chi connectivity index (χ0n) is 22.5. The van der Waals surface area contributed by atoms with Crippen molar-refractivity contribution in [1.29, 1.82) is 0 Å². The highest BCUT2D eigenvalue weighted by molar-refractivity contribution is 7.17. The molecule has 41 heavy (non-hydrogen) atoms. The fourth-order valence-electron chi connectivity index (χ4n) is 5.01. The molecule has 5 rings (SSSR count). The molecule has 12 heteroatoms. The van der Waals surface area contributed by atoms with Gasteiger partial charge >= 0.3 is 0 Å². The van der Waals surface area contributed by atoms with Gasteiger partial charge in [0.15, 0.2) is 0 Å². The van der Waals surface area contributed by atoms with E-state index in [0.29, 0.717) is 54.0 Å². The summed E-state index contributed by atoms with van der Waals surface area (Å²) in [5.41, 5.74) is 1.57. The minimum absolute atomic E-state index is 0. The van der Waals surface area contributed by atoms with Crippen LogP contribution in [0.1, 0.15) is 27.3 Å². The summed E-state index contributed by atoms with van der Waals surface area (Å²) in [5, 5.41) is 9.83. The fraction of sp³-hybridized carbons (Fsp3) is 0.345. The van der Waals surface area contributed by atoms with Crippen LogP contribution < -0.4 is 4.90 Å². The van der Waals surface area contributed by atoms with Gasteiger partial charge in [-0.05, 0) is 13.0 Å². The summed E-state index contributed by atoms with van der Waals surface area (Å²) in [7, 11) is 0. The number of aryl methyl sites for hydroxylation is 1. The first-order valence-electron chi connectivity index (χ1n) is 12.9. The molecule has 2 aromatic carbocycles. The van der Waals surface area contributed by atoms with E-state index in [0.717, 1.165) is 11.6 Å². The molecule has 1 aromatic heterocycles. The number of aromatic nitrogens is 1. The van der Waals surface area contributed by atoms with Crippen LogP contribution in [0.3, 0.4) is 0 Å². The number of benzene rings is 2. The summed E-state index contributed by atoms with van der Waals surface area (Å²) in [6.07, 6.45) is 0.431. The second-order valence-corrected chi connectivity index (χ2v) is 10.7. The summed E-state index contributed by atoms with van der Waals surface area (Å²) >= 11 is 1.24. The van der Waals surface area contributed by atoms with Gasteiger partial charge in [-0.1, -0.05) is 48.5 Å². The molecular formula is C29H32Cl2F2N4O3S. The van der Waals surface area contributed by atoms with Crippen LogP contribution in [-0.2, 0) is 4.79 Å².